The highest BCUT2D eigenvalue weighted by Gasteiger charge is 2.24. The molecule has 2 rings (SSSR count). The summed E-state index contributed by atoms with van der Waals surface area (Å²) >= 11 is 0. The minimum absolute atomic E-state index is 0.190. The van der Waals surface area contributed by atoms with Gasteiger partial charge in [0.2, 0.25) is 5.91 Å². The molecule has 1 aromatic rings. The second-order valence-corrected chi connectivity index (χ2v) is 4.91. The summed E-state index contributed by atoms with van der Waals surface area (Å²) in [5.41, 5.74) is 2.17. The van der Waals surface area contributed by atoms with Crippen molar-refractivity contribution in [2.45, 2.75) is 25.7 Å². The van der Waals surface area contributed by atoms with Gasteiger partial charge in [0.1, 0.15) is 0 Å². The molecule has 0 unspecified atom stereocenters. The van der Waals surface area contributed by atoms with Crippen molar-refractivity contribution in [3.63, 3.8) is 0 Å². The molecule has 1 fully saturated rings. The van der Waals surface area contributed by atoms with Crippen molar-refractivity contribution in [2.75, 3.05) is 26.7 Å². The van der Waals surface area contributed by atoms with Gasteiger partial charge < -0.3 is 10.2 Å². The average Bonchev–Trinajstić information content (AvgIpc) is 2.39. The number of piperidine rings is 1. The average molecular weight is 247 g/mol. The van der Waals surface area contributed by atoms with E-state index in [4.69, 9.17) is 0 Å². The third-order valence-electron chi connectivity index (χ3n) is 3.43. The highest BCUT2D eigenvalue weighted by molar-refractivity contribution is 5.78. The second-order valence-electron chi connectivity index (χ2n) is 4.91. The molecule has 2 heterocycles. The minimum Gasteiger partial charge on any atom is -0.341 e. The van der Waals surface area contributed by atoms with Crippen LogP contribution in [0.4, 0.5) is 0 Å². The van der Waals surface area contributed by atoms with Gasteiger partial charge in [0.25, 0.3) is 0 Å². The molecule has 1 atom stereocenters. The number of hydrogen-bond donors (Lipinski definition) is 1. The molecule has 0 bridgehead atoms. The Morgan fingerprint density at radius 3 is 3.11 bits per heavy atom. The van der Waals surface area contributed by atoms with E-state index in [0.29, 0.717) is 12.5 Å². The maximum atomic E-state index is 11.9. The Kier molecular flexibility index (Phi) is 4.31. The van der Waals surface area contributed by atoms with Gasteiger partial charge in [0.05, 0.1) is 6.54 Å². The van der Waals surface area contributed by atoms with Crippen LogP contribution in [0.25, 0.3) is 0 Å². The summed E-state index contributed by atoms with van der Waals surface area (Å²) in [6, 6.07) is 6.13. The number of rotatable bonds is 3. The molecule has 18 heavy (non-hydrogen) atoms. The van der Waals surface area contributed by atoms with E-state index in [1.54, 1.807) is 7.05 Å². The Balaban J connectivity index is 2.04. The number of likely N-dealkylation sites (N-methyl/N-ethyl adjacent to an activating group) is 1. The first-order chi connectivity index (χ1) is 8.70. The maximum absolute atomic E-state index is 11.9. The largest absolute Gasteiger partial charge is 0.341 e. The molecule has 1 aliphatic heterocycles. The van der Waals surface area contributed by atoms with Gasteiger partial charge in [-0.05, 0) is 38.9 Å². The van der Waals surface area contributed by atoms with Gasteiger partial charge >= 0.3 is 0 Å². The van der Waals surface area contributed by atoms with Crippen LogP contribution < -0.4 is 5.32 Å². The van der Waals surface area contributed by atoms with Gasteiger partial charge in [0, 0.05) is 30.4 Å². The third-order valence-corrected chi connectivity index (χ3v) is 3.43. The molecule has 4 nitrogen and oxygen atoms in total. The fourth-order valence-electron chi connectivity index (χ4n) is 2.50. The number of carbonyl (C=O) groups excluding carboxylic acids is 1. The fraction of sp³-hybridized carbons (Fsp3) is 0.571. The quantitative estimate of drug-likeness (QED) is 0.876. The van der Waals surface area contributed by atoms with Crippen molar-refractivity contribution in [1.29, 1.82) is 0 Å². The van der Waals surface area contributed by atoms with E-state index in [9.17, 15) is 4.79 Å². The fourth-order valence-corrected chi connectivity index (χ4v) is 2.50. The van der Waals surface area contributed by atoms with Crippen LogP contribution in [0.1, 0.15) is 30.1 Å². The summed E-state index contributed by atoms with van der Waals surface area (Å²) in [6.07, 6.45) is 2.19. The van der Waals surface area contributed by atoms with Crippen LogP contribution in [0.2, 0.25) is 0 Å². The molecule has 1 N–H and O–H groups in total. The van der Waals surface area contributed by atoms with Crippen molar-refractivity contribution >= 4 is 5.91 Å². The summed E-state index contributed by atoms with van der Waals surface area (Å²) < 4.78 is 0. The van der Waals surface area contributed by atoms with Crippen molar-refractivity contribution in [3.05, 3.63) is 29.6 Å². The zero-order chi connectivity index (χ0) is 13.0. The predicted octanol–water partition coefficient (Wildman–Crippen LogP) is 1.32. The lowest BCUT2D eigenvalue weighted by molar-refractivity contribution is -0.131. The number of carbonyl (C=O) groups is 1. The van der Waals surface area contributed by atoms with E-state index in [0.717, 1.165) is 37.3 Å². The Morgan fingerprint density at radius 2 is 2.39 bits per heavy atom. The number of aromatic nitrogens is 1. The lowest BCUT2D eigenvalue weighted by Gasteiger charge is -2.32. The van der Waals surface area contributed by atoms with Crippen LogP contribution in [0.15, 0.2) is 18.2 Å². The van der Waals surface area contributed by atoms with Crippen molar-refractivity contribution < 1.29 is 4.79 Å². The Labute approximate surface area is 108 Å². The Morgan fingerprint density at radius 1 is 1.56 bits per heavy atom. The minimum atomic E-state index is 0.190. The van der Waals surface area contributed by atoms with Crippen LogP contribution in [-0.2, 0) is 4.79 Å². The topological polar surface area (TPSA) is 45.2 Å². The van der Waals surface area contributed by atoms with Crippen LogP contribution in [0.3, 0.4) is 0 Å². The number of aryl methyl sites for hydroxylation is 1. The van der Waals surface area contributed by atoms with E-state index < -0.39 is 0 Å². The van der Waals surface area contributed by atoms with E-state index in [1.165, 1.54) is 0 Å². The SMILES string of the molecule is CNCC(=O)N1CCC[C@@H](c2cccc(C)n2)C1. The zero-order valence-electron chi connectivity index (χ0n) is 11.1. The van der Waals surface area contributed by atoms with Crippen molar-refractivity contribution in [3.8, 4) is 0 Å². The first-order valence-corrected chi connectivity index (χ1v) is 6.56. The van der Waals surface area contributed by atoms with E-state index in [1.807, 2.05) is 24.0 Å². The lowest BCUT2D eigenvalue weighted by Crippen LogP contribution is -2.43. The molecular formula is C14H21N3O. The first-order valence-electron chi connectivity index (χ1n) is 6.56. The van der Waals surface area contributed by atoms with Gasteiger partial charge in [-0.2, -0.15) is 0 Å². The van der Waals surface area contributed by atoms with Gasteiger partial charge in [-0.15, -0.1) is 0 Å². The molecule has 0 saturated carbocycles. The number of hydrogen-bond acceptors (Lipinski definition) is 3. The standard InChI is InChI=1S/C14H21N3O/c1-11-5-3-7-13(16-11)12-6-4-8-17(10-12)14(18)9-15-2/h3,5,7,12,15H,4,6,8-10H2,1-2H3/t12-/m1/s1. The van der Waals surface area contributed by atoms with E-state index in [-0.39, 0.29) is 5.91 Å². The molecule has 1 amide bonds. The highest BCUT2D eigenvalue weighted by atomic mass is 16.2. The first kappa shape index (κ1) is 13.0. The summed E-state index contributed by atoms with van der Waals surface area (Å²) in [7, 11) is 1.81. The number of nitrogens with one attached hydrogen (secondary N) is 1. The normalized spacial score (nSPS) is 19.9. The predicted molar refractivity (Wildman–Crippen MR) is 71.5 cm³/mol. The molecule has 0 aliphatic carbocycles. The summed E-state index contributed by atoms with van der Waals surface area (Å²) in [6.45, 7) is 4.12. The van der Waals surface area contributed by atoms with Crippen LogP contribution in [-0.4, -0.2) is 42.5 Å². The number of amides is 1. The molecule has 1 aliphatic rings. The lowest BCUT2D eigenvalue weighted by atomic mass is 9.94. The molecule has 98 valence electrons. The van der Waals surface area contributed by atoms with Gasteiger partial charge in [-0.1, -0.05) is 6.07 Å². The van der Waals surface area contributed by atoms with Gasteiger partial charge in [-0.3, -0.25) is 9.78 Å². The summed E-state index contributed by atoms with van der Waals surface area (Å²) in [5.74, 6) is 0.578. The second kappa shape index (κ2) is 5.96. The van der Waals surface area contributed by atoms with Crippen LogP contribution in [0.5, 0.6) is 0 Å². The Bertz CT molecular complexity index is 419. The van der Waals surface area contributed by atoms with Gasteiger partial charge in [-0.25, -0.2) is 0 Å². The highest BCUT2D eigenvalue weighted by Crippen LogP contribution is 2.25. The summed E-state index contributed by atoms with van der Waals surface area (Å²) in [5, 5.41) is 2.92. The molecule has 1 saturated heterocycles. The van der Waals surface area contributed by atoms with E-state index in [2.05, 4.69) is 16.4 Å². The molecular weight excluding hydrogens is 226 g/mol. The number of likely N-dealkylation sites (tertiary alicyclic amines) is 1. The molecule has 0 radical (unpaired) electrons. The Hall–Kier alpha value is -1.42. The number of nitrogens with zero attached hydrogens (tertiary/aromatic N) is 2. The molecule has 0 spiro atoms. The van der Waals surface area contributed by atoms with Crippen LogP contribution in [0, 0.1) is 6.92 Å². The molecule has 0 aromatic carbocycles. The monoisotopic (exact) mass is 247 g/mol. The van der Waals surface area contributed by atoms with Crippen molar-refractivity contribution in [1.82, 2.24) is 15.2 Å². The third kappa shape index (κ3) is 3.07. The molecule has 1 aromatic heterocycles. The van der Waals surface area contributed by atoms with Crippen molar-refractivity contribution in [2.24, 2.45) is 0 Å². The maximum Gasteiger partial charge on any atom is 0.236 e. The number of pyridine rings is 1. The van der Waals surface area contributed by atoms with Crippen LogP contribution >= 0.6 is 0 Å². The van der Waals surface area contributed by atoms with Gasteiger partial charge in [0.15, 0.2) is 0 Å². The van der Waals surface area contributed by atoms with E-state index >= 15 is 0 Å². The summed E-state index contributed by atoms with van der Waals surface area (Å²) in [4.78, 5) is 18.4. The smallest absolute Gasteiger partial charge is 0.236 e. The zero-order valence-corrected chi connectivity index (χ0v) is 11.1. The molecule has 4 heteroatoms.